The Morgan fingerprint density at radius 1 is 1.20 bits per heavy atom. The zero-order valence-corrected chi connectivity index (χ0v) is 21.0. The molecular formula is C20H27BrN2O5S2. The van der Waals surface area contributed by atoms with Crippen LogP contribution in [0.15, 0.2) is 21.6 Å². The van der Waals surface area contributed by atoms with Crippen LogP contribution in [0.2, 0.25) is 0 Å². The molecule has 2 aliphatic rings. The molecular weight excluding hydrogens is 492 g/mol. The van der Waals surface area contributed by atoms with Gasteiger partial charge in [-0.1, -0.05) is 32.5 Å². The second-order valence-corrected chi connectivity index (χ2v) is 12.5. The molecule has 2 heterocycles. The van der Waals surface area contributed by atoms with Crippen molar-refractivity contribution in [2.75, 3.05) is 29.6 Å². The van der Waals surface area contributed by atoms with Gasteiger partial charge in [0.1, 0.15) is 0 Å². The van der Waals surface area contributed by atoms with E-state index in [1.54, 1.807) is 0 Å². The van der Waals surface area contributed by atoms with Gasteiger partial charge in [0.2, 0.25) is 0 Å². The third-order valence-corrected chi connectivity index (χ3v) is 8.62. The SMILES string of the molecule is CCOc1cc(Br)c(N2C(=NC(=O)C(C)(C)C)S[C@@H]3CS(=O)(=O)C[C@H]32)cc1OCC. The number of anilines is 1. The topological polar surface area (TPSA) is 85.3 Å². The lowest BCUT2D eigenvalue weighted by Crippen LogP contribution is -2.38. The molecule has 0 aromatic heterocycles. The minimum atomic E-state index is -3.15. The van der Waals surface area contributed by atoms with Gasteiger partial charge in [-0.15, -0.1) is 0 Å². The molecule has 0 aliphatic carbocycles. The molecule has 30 heavy (non-hydrogen) atoms. The minimum Gasteiger partial charge on any atom is -0.490 e. The highest BCUT2D eigenvalue weighted by molar-refractivity contribution is 9.10. The summed E-state index contributed by atoms with van der Waals surface area (Å²) in [5, 5.41) is 0.350. The molecule has 0 unspecified atom stereocenters. The number of benzene rings is 1. The van der Waals surface area contributed by atoms with Crippen LogP contribution in [0.3, 0.4) is 0 Å². The maximum atomic E-state index is 12.6. The van der Waals surface area contributed by atoms with E-state index in [2.05, 4.69) is 20.9 Å². The normalized spacial score (nSPS) is 24.2. The van der Waals surface area contributed by atoms with E-state index in [1.807, 2.05) is 51.7 Å². The summed E-state index contributed by atoms with van der Waals surface area (Å²) in [6.45, 7) is 10.2. The third kappa shape index (κ3) is 4.80. The predicted molar refractivity (Wildman–Crippen MR) is 125 cm³/mol. The van der Waals surface area contributed by atoms with E-state index in [0.29, 0.717) is 35.6 Å². The number of rotatable bonds is 5. The van der Waals surface area contributed by atoms with Gasteiger partial charge in [-0.25, -0.2) is 8.42 Å². The first-order valence-electron chi connectivity index (χ1n) is 9.85. The van der Waals surface area contributed by atoms with Gasteiger partial charge in [-0.05, 0) is 29.8 Å². The molecule has 2 atom stereocenters. The number of thioether (sulfide) groups is 1. The molecule has 166 valence electrons. The number of ether oxygens (including phenoxy) is 2. The molecule has 3 rings (SSSR count). The second-order valence-electron chi connectivity index (χ2n) is 8.24. The Kier molecular flexibility index (Phi) is 6.79. The number of amidine groups is 1. The van der Waals surface area contributed by atoms with Gasteiger partial charge in [-0.2, -0.15) is 4.99 Å². The predicted octanol–water partition coefficient (Wildman–Crippen LogP) is 3.89. The molecule has 2 fully saturated rings. The van der Waals surface area contributed by atoms with Gasteiger partial charge in [0.25, 0.3) is 5.91 Å². The van der Waals surface area contributed by atoms with Gasteiger partial charge in [-0.3, -0.25) is 4.79 Å². The fourth-order valence-electron chi connectivity index (χ4n) is 3.35. The highest BCUT2D eigenvalue weighted by Crippen LogP contribution is 2.46. The summed E-state index contributed by atoms with van der Waals surface area (Å²) in [5.41, 5.74) is 0.0784. The summed E-state index contributed by atoms with van der Waals surface area (Å²) in [7, 11) is -3.15. The van der Waals surface area contributed by atoms with Crippen molar-refractivity contribution in [2.45, 2.75) is 45.9 Å². The van der Waals surface area contributed by atoms with Crippen molar-refractivity contribution in [1.82, 2.24) is 0 Å². The molecule has 0 bridgehead atoms. The summed E-state index contributed by atoms with van der Waals surface area (Å²) in [6, 6.07) is 3.34. The van der Waals surface area contributed by atoms with Gasteiger partial charge >= 0.3 is 0 Å². The number of amides is 1. The fraction of sp³-hybridized carbons (Fsp3) is 0.600. The Labute approximate surface area is 190 Å². The van der Waals surface area contributed by atoms with Crippen molar-refractivity contribution in [2.24, 2.45) is 10.4 Å². The molecule has 7 nitrogen and oxygen atoms in total. The van der Waals surface area contributed by atoms with Crippen molar-refractivity contribution in [3.63, 3.8) is 0 Å². The molecule has 2 aliphatic heterocycles. The van der Waals surface area contributed by atoms with Gasteiger partial charge in [0.05, 0.1) is 36.4 Å². The lowest BCUT2D eigenvalue weighted by atomic mass is 9.96. The van der Waals surface area contributed by atoms with E-state index in [9.17, 15) is 13.2 Å². The summed E-state index contributed by atoms with van der Waals surface area (Å²) >= 11 is 4.95. The van der Waals surface area contributed by atoms with E-state index in [-0.39, 0.29) is 28.7 Å². The van der Waals surface area contributed by atoms with Crippen molar-refractivity contribution >= 4 is 54.3 Å². The molecule has 1 amide bonds. The number of carbonyl (C=O) groups is 1. The number of sulfone groups is 1. The van der Waals surface area contributed by atoms with Crippen molar-refractivity contribution < 1.29 is 22.7 Å². The highest BCUT2D eigenvalue weighted by Gasteiger charge is 2.50. The monoisotopic (exact) mass is 518 g/mol. The van der Waals surface area contributed by atoms with E-state index in [0.717, 1.165) is 4.47 Å². The second kappa shape index (κ2) is 8.70. The Balaban J connectivity index is 2.11. The first-order valence-corrected chi connectivity index (χ1v) is 13.3. The van der Waals surface area contributed by atoms with Crippen LogP contribution in [0.25, 0.3) is 0 Å². The van der Waals surface area contributed by atoms with E-state index < -0.39 is 15.3 Å². The summed E-state index contributed by atoms with van der Waals surface area (Å²) in [5.74, 6) is 1.02. The molecule has 10 heteroatoms. The Hall–Kier alpha value is -1.26. The first-order chi connectivity index (χ1) is 14.0. The zero-order chi connectivity index (χ0) is 22.3. The van der Waals surface area contributed by atoms with Crippen LogP contribution in [-0.4, -0.2) is 55.5 Å². The minimum absolute atomic E-state index is 0.0248. The van der Waals surface area contributed by atoms with Crippen LogP contribution in [0.1, 0.15) is 34.6 Å². The van der Waals surface area contributed by atoms with Crippen LogP contribution in [-0.2, 0) is 14.6 Å². The number of carbonyl (C=O) groups excluding carboxylic acids is 1. The number of hydrogen-bond acceptors (Lipinski definition) is 6. The summed E-state index contributed by atoms with van der Waals surface area (Å²) in [6.07, 6.45) is 0. The number of halogens is 1. The largest absolute Gasteiger partial charge is 0.490 e. The van der Waals surface area contributed by atoms with Crippen LogP contribution in [0.5, 0.6) is 11.5 Å². The van der Waals surface area contributed by atoms with E-state index in [4.69, 9.17) is 9.47 Å². The standard InChI is InChI=1S/C20H27BrN2O5S2/c1-6-27-15-8-12(21)13(9-16(15)28-7-2)23-14-10-30(25,26)11-17(14)29-19(23)22-18(24)20(3,4)5/h8-9,14,17H,6-7,10-11H2,1-5H3/t14-,17-/m1/s1. The van der Waals surface area contributed by atoms with Crippen LogP contribution >= 0.6 is 27.7 Å². The van der Waals surface area contributed by atoms with Crippen molar-refractivity contribution in [1.29, 1.82) is 0 Å². The molecule has 0 radical (unpaired) electrons. The number of fused-ring (bicyclic) bond motifs is 1. The van der Waals surface area contributed by atoms with Crippen LogP contribution < -0.4 is 14.4 Å². The first kappa shape index (κ1) is 23.4. The summed E-state index contributed by atoms with van der Waals surface area (Å²) < 4.78 is 36.8. The number of nitrogens with zero attached hydrogens (tertiary/aromatic N) is 2. The van der Waals surface area contributed by atoms with Crippen molar-refractivity contribution in [3.05, 3.63) is 16.6 Å². The molecule has 0 saturated carbocycles. The average Bonchev–Trinajstić information content (AvgIpc) is 3.08. The third-order valence-electron chi connectivity index (χ3n) is 4.78. The maximum absolute atomic E-state index is 12.6. The number of aliphatic imine (C=N–C) groups is 1. The molecule has 0 N–H and O–H groups in total. The van der Waals surface area contributed by atoms with Gasteiger partial charge < -0.3 is 14.4 Å². The van der Waals surface area contributed by atoms with Crippen molar-refractivity contribution in [3.8, 4) is 11.5 Å². The lowest BCUT2D eigenvalue weighted by Gasteiger charge is -2.27. The quantitative estimate of drug-likeness (QED) is 0.584. The molecule has 1 aromatic carbocycles. The summed E-state index contributed by atoms with van der Waals surface area (Å²) in [4.78, 5) is 18.9. The van der Waals surface area contributed by atoms with Crippen LogP contribution in [0.4, 0.5) is 5.69 Å². The lowest BCUT2D eigenvalue weighted by molar-refractivity contribution is -0.124. The average molecular weight is 519 g/mol. The van der Waals surface area contributed by atoms with Crippen LogP contribution in [0, 0.1) is 5.41 Å². The fourth-order valence-corrected chi connectivity index (χ4v) is 7.77. The van der Waals surface area contributed by atoms with Gasteiger partial charge in [0.15, 0.2) is 26.5 Å². The van der Waals surface area contributed by atoms with E-state index >= 15 is 0 Å². The van der Waals surface area contributed by atoms with Gasteiger partial charge in [0, 0.05) is 27.3 Å². The number of hydrogen-bond donors (Lipinski definition) is 0. The molecule has 0 spiro atoms. The Morgan fingerprint density at radius 3 is 2.37 bits per heavy atom. The molecule has 2 saturated heterocycles. The van der Waals surface area contributed by atoms with E-state index in [1.165, 1.54) is 11.8 Å². The highest BCUT2D eigenvalue weighted by atomic mass is 79.9. The Bertz CT molecular complexity index is 972. The molecule has 1 aromatic rings. The maximum Gasteiger partial charge on any atom is 0.253 e. The smallest absolute Gasteiger partial charge is 0.253 e. The Morgan fingerprint density at radius 2 is 1.80 bits per heavy atom. The zero-order valence-electron chi connectivity index (χ0n) is 17.8.